The molecule has 1 aromatic rings. The highest BCUT2D eigenvalue weighted by molar-refractivity contribution is 7.90. The van der Waals surface area contributed by atoms with Gasteiger partial charge in [0.1, 0.15) is 0 Å². The smallest absolute Gasteiger partial charge is 0.321 e. The van der Waals surface area contributed by atoms with Gasteiger partial charge in [-0.05, 0) is 24.6 Å². The number of benzene rings is 1. The van der Waals surface area contributed by atoms with Gasteiger partial charge in [0, 0.05) is 19.8 Å². The van der Waals surface area contributed by atoms with Crippen molar-refractivity contribution in [1.82, 2.24) is 16.0 Å². The molecule has 7 nitrogen and oxygen atoms in total. The Kier molecular flexibility index (Phi) is 5.86. The van der Waals surface area contributed by atoms with E-state index in [1.165, 1.54) is 19.2 Å². The number of nitrogens with one attached hydrogen (secondary N) is 3. The van der Waals surface area contributed by atoms with Gasteiger partial charge in [0.05, 0.1) is 10.9 Å². The summed E-state index contributed by atoms with van der Waals surface area (Å²) in [4.78, 5) is 22.9. The van der Waals surface area contributed by atoms with E-state index in [9.17, 15) is 18.0 Å². The number of carbonyl (C=O) groups excluding carboxylic acids is 2. The molecule has 8 heteroatoms. The first-order valence-corrected chi connectivity index (χ1v) is 8.18. The summed E-state index contributed by atoms with van der Waals surface area (Å²) < 4.78 is 22.6. The van der Waals surface area contributed by atoms with Gasteiger partial charge < -0.3 is 10.6 Å². The second kappa shape index (κ2) is 7.19. The van der Waals surface area contributed by atoms with Crippen molar-refractivity contribution in [1.29, 1.82) is 0 Å². The first kappa shape index (κ1) is 17.1. The molecule has 1 rings (SSSR count). The predicted molar refractivity (Wildman–Crippen MR) is 78.5 cm³/mol. The summed E-state index contributed by atoms with van der Waals surface area (Å²) in [7, 11) is -1.79. The minimum Gasteiger partial charge on any atom is -0.341 e. The third-order valence-electron chi connectivity index (χ3n) is 2.82. The molecule has 21 heavy (non-hydrogen) atoms. The highest BCUT2D eigenvalue weighted by Gasteiger charge is 2.14. The lowest BCUT2D eigenvalue weighted by Crippen LogP contribution is -2.47. The topological polar surface area (TPSA) is 104 Å². The Labute approximate surface area is 124 Å². The summed E-state index contributed by atoms with van der Waals surface area (Å²) in [5.41, 5.74) is 0.835. The number of hydrogen-bond acceptors (Lipinski definition) is 5. The first-order valence-electron chi connectivity index (χ1n) is 6.29. The Morgan fingerprint density at radius 3 is 2.24 bits per heavy atom. The Morgan fingerprint density at radius 2 is 1.76 bits per heavy atom. The summed E-state index contributed by atoms with van der Waals surface area (Å²) in [5, 5.41) is 7.40. The molecular weight excluding hydrogens is 294 g/mol. The molecule has 3 N–H and O–H groups in total. The van der Waals surface area contributed by atoms with Crippen LogP contribution in [0.3, 0.4) is 0 Å². The van der Waals surface area contributed by atoms with Crippen molar-refractivity contribution in [2.24, 2.45) is 0 Å². The summed E-state index contributed by atoms with van der Waals surface area (Å²) >= 11 is 0. The Bertz CT molecular complexity index is 611. The summed E-state index contributed by atoms with van der Waals surface area (Å²) in [6.07, 6.45) is 1.14. The normalized spacial score (nSPS) is 12.5. The standard InChI is InChI=1S/C13H19N3O4S/c1-9(12(17)16-13(18)14-2)15-8-10-4-6-11(7-5-10)21(3,19)20/h4-7,9,15H,8H2,1-3H3,(H2,14,16,17,18). The van der Waals surface area contributed by atoms with Crippen LogP contribution in [0.15, 0.2) is 29.2 Å². The number of rotatable bonds is 5. The van der Waals surface area contributed by atoms with Gasteiger partial charge in [0.15, 0.2) is 9.84 Å². The zero-order chi connectivity index (χ0) is 16.0. The van der Waals surface area contributed by atoms with E-state index in [1.54, 1.807) is 19.1 Å². The fraction of sp³-hybridized carbons (Fsp3) is 0.385. The zero-order valence-corrected chi connectivity index (χ0v) is 13.0. The van der Waals surface area contributed by atoms with E-state index in [0.717, 1.165) is 11.8 Å². The minimum absolute atomic E-state index is 0.247. The molecule has 1 atom stereocenters. The van der Waals surface area contributed by atoms with E-state index in [2.05, 4.69) is 16.0 Å². The number of urea groups is 1. The molecule has 3 amide bonds. The second-order valence-electron chi connectivity index (χ2n) is 4.59. The minimum atomic E-state index is -3.21. The van der Waals surface area contributed by atoms with Crippen LogP contribution in [-0.2, 0) is 21.2 Å². The largest absolute Gasteiger partial charge is 0.341 e. The van der Waals surface area contributed by atoms with E-state index < -0.39 is 27.8 Å². The van der Waals surface area contributed by atoms with Crippen LogP contribution in [0.4, 0.5) is 4.79 Å². The van der Waals surface area contributed by atoms with Gasteiger partial charge in [-0.25, -0.2) is 13.2 Å². The van der Waals surface area contributed by atoms with Crippen LogP contribution < -0.4 is 16.0 Å². The molecule has 0 fully saturated rings. The number of hydrogen-bond donors (Lipinski definition) is 3. The number of carbonyl (C=O) groups is 2. The van der Waals surface area contributed by atoms with Gasteiger partial charge in [-0.2, -0.15) is 0 Å². The molecule has 0 bridgehead atoms. The number of imide groups is 1. The van der Waals surface area contributed by atoms with Crippen LogP contribution in [0.1, 0.15) is 12.5 Å². The van der Waals surface area contributed by atoms with Crippen LogP contribution in [0.2, 0.25) is 0 Å². The third-order valence-corrected chi connectivity index (χ3v) is 3.95. The molecule has 0 spiro atoms. The molecule has 0 heterocycles. The predicted octanol–water partition coefficient (Wildman–Crippen LogP) is 0.0238. The molecule has 0 saturated heterocycles. The molecule has 0 radical (unpaired) electrons. The lowest BCUT2D eigenvalue weighted by atomic mass is 10.2. The molecular formula is C13H19N3O4S. The first-order chi connectivity index (χ1) is 9.74. The highest BCUT2D eigenvalue weighted by atomic mass is 32.2. The van der Waals surface area contributed by atoms with Crippen LogP contribution in [-0.4, -0.2) is 39.7 Å². The maximum atomic E-state index is 11.6. The lowest BCUT2D eigenvalue weighted by molar-refractivity contribution is -0.121. The van der Waals surface area contributed by atoms with Gasteiger partial charge in [-0.3, -0.25) is 10.1 Å². The Hall–Kier alpha value is -1.93. The fourth-order valence-electron chi connectivity index (χ4n) is 1.50. The summed E-state index contributed by atoms with van der Waals surface area (Å²) in [5.74, 6) is -0.442. The number of amides is 3. The molecule has 0 aliphatic rings. The molecule has 0 aliphatic carbocycles. The van der Waals surface area contributed by atoms with Crippen LogP contribution in [0.5, 0.6) is 0 Å². The fourth-order valence-corrected chi connectivity index (χ4v) is 2.13. The maximum absolute atomic E-state index is 11.6. The molecule has 116 valence electrons. The van der Waals surface area contributed by atoms with Crippen molar-refractivity contribution in [3.63, 3.8) is 0 Å². The zero-order valence-electron chi connectivity index (χ0n) is 12.1. The second-order valence-corrected chi connectivity index (χ2v) is 6.60. The van der Waals surface area contributed by atoms with Gasteiger partial charge >= 0.3 is 6.03 Å². The van der Waals surface area contributed by atoms with Crippen molar-refractivity contribution in [2.45, 2.75) is 24.4 Å². The van der Waals surface area contributed by atoms with Gasteiger partial charge in [0.25, 0.3) is 0 Å². The van der Waals surface area contributed by atoms with E-state index in [0.29, 0.717) is 6.54 Å². The van der Waals surface area contributed by atoms with Crippen molar-refractivity contribution in [3.8, 4) is 0 Å². The highest BCUT2D eigenvalue weighted by Crippen LogP contribution is 2.10. The quantitative estimate of drug-likeness (QED) is 0.711. The van der Waals surface area contributed by atoms with Crippen molar-refractivity contribution < 1.29 is 18.0 Å². The van der Waals surface area contributed by atoms with Crippen LogP contribution in [0.25, 0.3) is 0 Å². The Morgan fingerprint density at radius 1 is 1.19 bits per heavy atom. The number of sulfone groups is 1. The molecule has 0 aliphatic heterocycles. The lowest BCUT2D eigenvalue weighted by Gasteiger charge is -2.13. The average molecular weight is 313 g/mol. The van der Waals surface area contributed by atoms with Gasteiger partial charge in [0.2, 0.25) is 5.91 Å². The average Bonchev–Trinajstić information content (AvgIpc) is 2.43. The van der Waals surface area contributed by atoms with Gasteiger partial charge in [-0.15, -0.1) is 0 Å². The van der Waals surface area contributed by atoms with Crippen molar-refractivity contribution >= 4 is 21.8 Å². The van der Waals surface area contributed by atoms with E-state index in [-0.39, 0.29) is 4.90 Å². The third kappa shape index (κ3) is 5.52. The van der Waals surface area contributed by atoms with Crippen molar-refractivity contribution in [3.05, 3.63) is 29.8 Å². The Balaban J connectivity index is 2.55. The van der Waals surface area contributed by atoms with E-state index in [4.69, 9.17) is 0 Å². The molecule has 0 aromatic heterocycles. The maximum Gasteiger partial charge on any atom is 0.321 e. The van der Waals surface area contributed by atoms with E-state index >= 15 is 0 Å². The SMILES string of the molecule is CNC(=O)NC(=O)C(C)NCc1ccc(S(C)(=O)=O)cc1. The van der Waals surface area contributed by atoms with Crippen LogP contribution >= 0.6 is 0 Å². The monoisotopic (exact) mass is 313 g/mol. The van der Waals surface area contributed by atoms with Gasteiger partial charge in [-0.1, -0.05) is 12.1 Å². The summed E-state index contributed by atoms with van der Waals surface area (Å²) in [6, 6.07) is 5.26. The summed E-state index contributed by atoms with van der Waals surface area (Å²) in [6.45, 7) is 2.01. The molecule has 0 saturated carbocycles. The molecule has 1 unspecified atom stereocenters. The van der Waals surface area contributed by atoms with E-state index in [1.807, 2.05) is 0 Å². The van der Waals surface area contributed by atoms with Crippen LogP contribution in [0, 0.1) is 0 Å². The molecule has 1 aromatic carbocycles. The van der Waals surface area contributed by atoms with Crippen molar-refractivity contribution in [2.75, 3.05) is 13.3 Å².